The van der Waals surface area contributed by atoms with Gasteiger partial charge in [-0.25, -0.2) is 4.98 Å². The molecular weight excluding hydrogens is 270 g/mol. The average Bonchev–Trinajstić information content (AvgIpc) is 2.30. The summed E-state index contributed by atoms with van der Waals surface area (Å²) >= 11 is 3.23. The SMILES string of the molecule is CCC(C)C(N)C(=O)Nc1ccc(Br)nc1. The van der Waals surface area contributed by atoms with E-state index in [9.17, 15) is 4.79 Å². The Balaban J connectivity index is 2.60. The van der Waals surface area contributed by atoms with Crippen LogP contribution in [-0.4, -0.2) is 16.9 Å². The molecule has 0 aliphatic carbocycles. The molecule has 0 radical (unpaired) electrons. The third kappa shape index (κ3) is 3.57. The second-order valence-corrected chi connectivity index (χ2v) is 4.58. The van der Waals surface area contributed by atoms with Gasteiger partial charge in [-0.1, -0.05) is 20.3 Å². The van der Waals surface area contributed by atoms with Gasteiger partial charge in [-0.05, 0) is 34.0 Å². The van der Waals surface area contributed by atoms with Crippen LogP contribution in [0, 0.1) is 5.92 Å². The molecule has 88 valence electrons. The summed E-state index contributed by atoms with van der Waals surface area (Å²) in [5.41, 5.74) is 6.47. The number of nitrogens with two attached hydrogens (primary N) is 1. The molecule has 3 N–H and O–H groups in total. The fourth-order valence-corrected chi connectivity index (χ4v) is 1.42. The van der Waals surface area contributed by atoms with Crippen molar-refractivity contribution in [3.05, 3.63) is 22.9 Å². The van der Waals surface area contributed by atoms with Gasteiger partial charge in [0.25, 0.3) is 0 Å². The lowest BCUT2D eigenvalue weighted by Gasteiger charge is -2.17. The van der Waals surface area contributed by atoms with E-state index in [1.54, 1.807) is 18.3 Å². The normalized spacial score (nSPS) is 14.2. The predicted molar refractivity (Wildman–Crippen MR) is 68.0 cm³/mol. The van der Waals surface area contributed by atoms with E-state index >= 15 is 0 Å². The van der Waals surface area contributed by atoms with E-state index in [1.807, 2.05) is 13.8 Å². The van der Waals surface area contributed by atoms with Crippen LogP contribution in [0.5, 0.6) is 0 Å². The first-order valence-corrected chi connectivity index (χ1v) is 6.02. The number of hydrogen-bond donors (Lipinski definition) is 2. The summed E-state index contributed by atoms with van der Waals surface area (Å²) in [4.78, 5) is 15.7. The minimum atomic E-state index is -0.478. The molecule has 1 heterocycles. The molecule has 0 spiro atoms. The lowest BCUT2D eigenvalue weighted by Crippen LogP contribution is -2.40. The fraction of sp³-hybridized carbons (Fsp3) is 0.455. The zero-order valence-corrected chi connectivity index (χ0v) is 11.0. The lowest BCUT2D eigenvalue weighted by molar-refractivity contribution is -0.118. The maximum atomic E-state index is 11.7. The molecule has 0 saturated heterocycles. The molecule has 1 amide bonds. The molecule has 5 heteroatoms. The van der Waals surface area contributed by atoms with Crippen molar-refractivity contribution in [2.75, 3.05) is 5.32 Å². The summed E-state index contributed by atoms with van der Waals surface area (Å²) in [6, 6.07) is 3.07. The van der Waals surface area contributed by atoms with E-state index in [-0.39, 0.29) is 11.8 Å². The Labute approximate surface area is 104 Å². The minimum Gasteiger partial charge on any atom is -0.323 e. The molecule has 2 unspecified atom stereocenters. The largest absolute Gasteiger partial charge is 0.323 e. The summed E-state index contributed by atoms with van der Waals surface area (Å²) in [6.45, 7) is 3.98. The number of nitrogens with zero attached hydrogens (tertiary/aromatic N) is 1. The van der Waals surface area contributed by atoms with Crippen molar-refractivity contribution in [1.29, 1.82) is 0 Å². The van der Waals surface area contributed by atoms with E-state index in [0.717, 1.165) is 11.0 Å². The number of halogens is 1. The van der Waals surface area contributed by atoms with Crippen molar-refractivity contribution < 1.29 is 4.79 Å². The second-order valence-electron chi connectivity index (χ2n) is 3.77. The third-order valence-electron chi connectivity index (χ3n) is 2.55. The van der Waals surface area contributed by atoms with Gasteiger partial charge in [0.2, 0.25) is 5.91 Å². The molecule has 0 bridgehead atoms. The molecule has 0 fully saturated rings. The van der Waals surface area contributed by atoms with Crippen LogP contribution in [0.1, 0.15) is 20.3 Å². The Morgan fingerprint density at radius 2 is 2.31 bits per heavy atom. The highest BCUT2D eigenvalue weighted by Crippen LogP contribution is 2.12. The topological polar surface area (TPSA) is 68.0 Å². The third-order valence-corrected chi connectivity index (χ3v) is 3.02. The number of carbonyl (C=O) groups excluding carboxylic acids is 1. The lowest BCUT2D eigenvalue weighted by atomic mass is 9.99. The monoisotopic (exact) mass is 285 g/mol. The Hall–Kier alpha value is -0.940. The maximum Gasteiger partial charge on any atom is 0.241 e. The van der Waals surface area contributed by atoms with Gasteiger partial charge < -0.3 is 11.1 Å². The van der Waals surface area contributed by atoms with E-state index in [0.29, 0.717) is 5.69 Å². The first kappa shape index (κ1) is 13.1. The van der Waals surface area contributed by atoms with Gasteiger partial charge in [0, 0.05) is 0 Å². The second kappa shape index (κ2) is 5.96. The molecule has 2 atom stereocenters. The molecule has 0 saturated carbocycles. The Kier molecular flexibility index (Phi) is 4.89. The smallest absolute Gasteiger partial charge is 0.241 e. The Morgan fingerprint density at radius 1 is 1.62 bits per heavy atom. The van der Waals surface area contributed by atoms with Crippen molar-refractivity contribution in [1.82, 2.24) is 4.98 Å². The summed E-state index contributed by atoms with van der Waals surface area (Å²) in [7, 11) is 0. The predicted octanol–water partition coefficient (Wildman–Crippen LogP) is 2.16. The van der Waals surface area contributed by atoms with Gasteiger partial charge in [0.15, 0.2) is 0 Å². The summed E-state index contributed by atoms with van der Waals surface area (Å²) in [6.07, 6.45) is 2.47. The van der Waals surface area contributed by atoms with E-state index < -0.39 is 6.04 Å². The number of carbonyl (C=O) groups is 1. The summed E-state index contributed by atoms with van der Waals surface area (Å²) in [5, 5.41) is 2.74. The number of nitrogens with one attached hydrogen (secondary N) is 1. The van der Waals surface area contributed by atoms with Crippen molar-refractivity contribution in [3.8, 4) is 0 Å². The summed E-state index contributed by atoms with van der Waals surface area (Å²) in [5.74, 6) is 0.00174. The molecule has 1 aromatic heterocycles. The van der Waals surface area contributed by atoms with Gasteiger partial charge >= 0.3 is 0 Å². The van der Waals surface area contributed by atoms with Crippen molar-refractivity contribution in [3.63, 3.8) is 0 Å². The van der Waals surface area contributed by atoms with E-state index in [2.05, 4.69) is 26.2 Å². The first-order valence-electron chi connectivity index (χ1n) is 5.22. The molecular formula is C11H16BrN3O. The molecule has 16 heavy (non-hydrogen) atoms. The van der Waals surface area contributed by atoms with Crippen molar-refractivity contribution in [2.45, 2.75) is 26.3 Å². The van der Waals surface area contributed by atoms with Crippen molar-refractivity contribution in [2.24, 2.45) is 11.7 Å². The average molecular weight is 286 g/mol. The minimum absolute atomic E-state index is 0.168. The number of hydrogen-bond acceptors (Lipinski definition) is 3. The van der Waals surface area contributed by atoms with Crippen molar-refractivity contribution >= 4 is 27.5 Å². The van der Waals surface area contributed by atoms with Crippen LogP contribution in [0.15, 0.2) is 22.9 Å². The fourth-order valence-electron chi connectivity index (χ4n) is 1.19. The highest BCUT2D eigenvalue weighted by molar-refractivity contribution is 9.10. The van der Waals surface area contributed by atoms with Crippen LogP contribution in [0.2, 0.25) is 0 Å². The van der Waals surface area contributed by atoms with E-state index in [4.69, 9.17) is 5.73 Å². The highest BCUT2D eigenvalue weighted by atomic mass is 79.9. The number of anilines is 1. The standard InChI is InChI=1S/C11H16BrN3O/c1-3-7(2)10(13)11(16)15-8-4-5-9(12)14-6-8/h4-7,10H,3,13H2,1-2H3,(H,15,16). The number of pyridine rings is 1. The Bertz CT molecular complexity index is 353. The van der Waals surface area contributed by atoms with Crippen LogP contribution >= 0.6 is 15.9 Å². The van der Waals surface area contributed by atoms with Gasteiger partial charge in [-0.15, -0.1) is 0 Å². The number of rotatable bonds is 4. The quantitative estimate of drug-likeness (QED) is 0.833. The van der Waals surface area contributed by atoms with Crippen LogP contribution in [0.4, 0.5) is 5.69 Å². The number of amides is 1. The van der Waals surface area contributed by atoms with Gasteiger partial charge in [-0.3, -0.25) is 4.79 Å². The zero-order valence-electron chi connectivity index (χ0n) is 9.40. The molecule has 4 nitrogen and oxygen atoms in total. The van der Waals surface area contributed by atoms with Crippen LogP contribution in [-0.2, 0) is 4.79 Å². The van der Waals surface area contributed by atoms with Crippen LogP contribution < -0.4 is 11.1 Å². The molecule has 0 aliphatic heterocycles. The maximum absolute atomic E-state index is 11.7. The molecule has 1 rings (SSSR count). The Morgan fingerprint density at radius 3 is 2.81 bits per heavy atom. The van der Waals surface area contributed by atoms with Crippen LogP contribution in [0.25, 0.3) is 0 Å². The molecule has 0 aliphatic rings. The molecule has 0 aromatic carbocycles. The number of aromatic nitrogens is 1. The first-order chi connectivity index (χ1) is 7.54. The summed E-state index contributed by atoms with van der Waals surface area (Å²) < 4.78 is 0.733. The molecule has 1 aromatic rings. The highest BCUT2D eigenvalue weighted by Gasteiger charge is 2.19. The van der Waals surface area contributed by atoms with E-state index in [1.165, 1.54) is 0 Å². The van der Waals surface area contributed by atoms with Gasteiger partial charge in [0.1, 0.15) is 4.60 Å². The van der Waals surface area contributed by atoms with Gasteiger partial charge in [0.05, 0.1) is 17.9 Å². The van der Waals surface area contributed by atoms with Crippen LogP contribution in [0.3, 0.4) is 0 Å². The zero-order chi connectivity index (χ0) is 12.1. The van der Waals surface area contributed by atoms with Gasteiger partial charge in [-0.2, -0.15) is 0 Å².